The molecule has 7 heteroatoms. The summed E-state index contributed by atoms with van der Waals surface area (Å²) in [5.74, 6) is 0.0419. The lowest BCUT2D eigenvalue weighted by atomic mass is 10.1. The number of benzene rings is 2. The number of carbonyl (C=O) groups is 2. The molecule has 0 aliphatic heterocycles. The van der Waals surface area contributed by atoms with Gasteiger partial charge in [0.1, 0.15) is 11.8 Å². The van der Waals surface area contributed by atoms with Crippen LogP contribution in [0.5, 0.6) is 5.75 Å². The molecule has 0 radical (unpaired) electrons. The zero-order valence-corrected chi connectivity index (χ0v) is 18.5. The van der Waals surface area contributed by atoms with Crippen LogP contribution in [0.25, 0.3) is 0 Å². The summed E-state index contributed by atoms with van der Waals surface area (Å²) in [4.78, 5) is 26.8. The lowest BCUT2D eigenvalue weighted by molar-refractivity contribution is -0.142. The van der Waals surface area contributed by atoms with Gasteiger partial charge in [0.15, 0.2) is 6.61 Å². The number of aryl methyl sites for hydroxylation is 1. The van der Waals surface area contributed by atoms with E-state index in [0.717, 1.165) is 11.1 Å². The van der Waals surface area contributed by atoms with Crippen molar-refractivity contribution in [1.82, 2.24) is 10.2 Å². The van der Waals surface area contributed by atoms with Crippen LogP contribution in [0.1, 0.15) is 25.0 Å². The van der Waals surface area contributed by atoms with Crippen LogP contribution in [-0.2, 0) is 16.1 Å². The number of halogens is 2. The molecule has 2 amide bonds. The summed E-state index contributed by atoms with van der Waals surface area (Å²) < 4.78 is 6.33. The molecule has 0 aliphatic carbocycles. The van der Waals surface area contributed by atoms with E-state index in [1.54, 1.807) is 25.1 Å². The van der Waals surface area contributed by atoms with E-state index in [4.69, 9.17) is 16.3 Å². The maximum atomic E-state index is 12.9. The zero-order valence-electron chi connectivity index (χ0n) is 16.2. The van der Waals surface area contributed by atoms with Crippen LogP contribution >= 0.6 is 27.5 Å². The van der Waals surface area contributed by atoms with Gasteiger partial charge in [-0.25, -0.2) is 0 Å². The van der Waals surface area contributed by atoms with E-state index in [2.05, 4.69) is 21.2 Å². The van der Waals surface area contributed by atoms with Crippen LogP contribution in [-0.4, -0.2) is 35.9 Å². The summed E-state index contributed by atoms with van der Waals surface area (Å²) in [6.45, 7) is 6.20. The van der Waals surface area contributed by atoms with Crippen molar-refractivity contribution in [2.45, 2.75) is 33.4 Å². The molecule has 1 atom stereocenters. The standard InChI is InChI=1S/C21H24BrClN2O3/c1-4-24-21(27)15(3)25(12-16-8-6-5-7-14(16)2)20(26)13-28-19-10-9-17(23)11-18(19)22/h5-11,15H,4,12-13H2,1-3H3,(H,24,27). The van der Waals surface area contributed by atoms with E-state index in [0.29, 0.717) is 28.3 Å². The average Bonchev–Trinajstić information content (AvgIpc) is 2.66. The van der Waals surface area contributed by atoms with Crippen LogP contribution < -0.4 is 10.1 Å². The monoisotopic (exact) mass is 466 g/mol. The maximum Gasteiger partial charge on any atom is 0.261 e. The fourth-order valence-electron chi connectivity index (χ4n) is 2.69. The highest BCUT2D eigenvalue weighted by molar-refractivity contribution is 9.10. The molecule has 0 heterocycles. The molecule has 150 valence electrons. The quantitative estimate of drug-likeness (QED) is 0.628. The van der Waals surface area contributed by atoms with Crippen LogP contribution in [0.4, 0.5) is 0 Å². The fraction of sp³-hybridized carbons (Fsp3) is 0.333. The largest absolute Gasteiger partial charge is 0.483 e. The summed E-state index contributed by atoms with van der Waals surface area (Å²) in [6, 6.07) is 12.3. The highest BCUT2D eigenvalue weighted by atomic mass is 79.9. The van der Waals surface area contributed by atoms with Crippen molar-refractivity contribution in [1.29, 1.82) is 0 Å². The predicted molar refractivity (Wildman–Crippen MR) is 115 cm³/mol. The molecule has 0 aromatic heterocycles. The summed E-state index contributed by atoms with van der Waals surface area (Å²) >= 11 is 9.31. The molecule has 5 nitrogen and oxygen atoms in total. The van der Waals surface area contributed by atoms with E-state index in [9.17, 15) is 9.59 Å². The van der Waals surface area contributed by atoms with Gasteiger partial charge in [-0.05, 0) is 66.0 Å². The minimum absolute atomic E-state index is 0.185. The van der Waals surface area contributed by atoms with Crippen molar-refractivity contribution in [2.24, 2.45) is 0 Å². The molecule has 0 fully saturated rings. The summed E-state index contributed by atoms with van der Waals surface area (Å²) in [5.41, 5.74) is 2.05. The molecule has 0 bridgehead atoms. The third-order valence-electron chi connectivity index (χ3n) is 4.37. The molecule has 0 aliphatic rings. The number of hydrogen-bond donors (Lipinski definition) is 1. The van der Waals surface area contributed by atoms with Gasteiger partial charge >= 0.3 is 0 Å². The number of hydrogen-bond acceptors (Lipinski definition) is 3. The Morgan fingerprint density at radius 2 is 1.96 bits per heavy atom. The Morgan fingerprint density at radius 1 is 1.25 bits per heavy atom. The first-order chi connectivity index (χ1) is 13.3. The van der Waals surface area contributed by atoms with Gasteiger partial charge in [0.25, 0.3) is 5.91 Å². The van der Waals surface area contributed by atoms with Crippen LogP contribution in [0, 0.1) is 6.92 Å². The number of amides is 2. The molecule has 28 heavy (non-hydrogen) atoms. The van der Waals surface area contributed by atoms with Crippen LogP contribution in [0.2, 0.25) is 5.02 Å². The summed E-state index contributed by atoms with van der Waals surface area (Å²) in [5, 5.41) is 3.34. The lowest BCUT2D eigenvalue weighted by Crippen LogP contribution is -2.49. The molecule has 1 unspecified atom stereocenters. The van der Waals surface area contributed by atoms with E-state index in [1.807, 2.05) is 38.1 Å². The molecule has 0 spiro atoms. The second-order valence-electron chi connectivity index (χ2n) is 6.38. The molecule has 2 aromatic carbocycles. The SMILES string of the molecule is CCNC(=O)C(C)N(Cc1ccccc1C)C(=O)COc1ccc(Cl)cc1Br. The smallest absolute Gasteiger partial charge is 0.261 e. The predicted octanol–water partition coefficient (Wildman–Crippen LogP) is 4.34. The minimum atomic E-state index is -0.621. The number of likely N-dealkylation sites (N-methyl/N-ethyl adjacent to an activating group) is 1. The van der Waals surface area contributed by atoms with Gasteiger partial charge < -0.3 is 15.0 Å². The Bertz CT molecular complexity index is 844. The molecule has 0 saturated heterocycles. The third kappa shape index (κ3) is 5.97. The van der Waals surface area contributed by atoms with E-state index < -0.39 is 6.04 Å². The van der Waals surface area contributed by atoms with Gasteiger partial charge in [-0.1, -0.05) is 35.9 Å². The Balaban J connectivity index is 2.18. The van der Waals surface area contributed by atoms with Gasteiger partial charge in [0.05, 0.1) is 4.47 Å². The Hall–Kier alpha value is -2.05. The van der Waals surface area contributed by atoms with Crippen molar-refractivity contribution in [3.8, 4) is 5.75 Å². The number of rotatable bonds is 8. The van der Waals surface area contributed by atoms with Crippen molar-refractivity contribution >= 4 is 39.3 Å². The molecule has 2 rings (SSSR count). The van der Waals surface area contributed by atoms with E-state index >= 15 is 0 Å². The molecular formula is C21H24BrClN2O3. The van der Waals surface area contributed by atoms with Gasteiger partial charge in [0.2, 0.25) is 5.91 Å². The Kier molecular flexibility index (Phi) is 8.33. The number of nitrogens with one attached hydrogen (secondary N) is 1. The molecule has 1 N–H and O–H groups in total. The maximum absolute atomic E-state index is 12.9. The topological polar surface area (TPSA) is 58.6 Å². The van der Waals surface area contributed by atoms with Crippen molar-refractivity contribution in [3.63, 3.8) is 0 Å². The van der Waals surface area contributed by atoms with Crippen molar-refractivity contribution in [2.75, 3.05) is 13.2 Å². The lowest BCUT2D eigenvalue weighted by Gasteiger charge is -2.29. The summed E-state index contributed by atoms with van der Waals surface area (Å²) in [6.07, 6.45) is 0. The summed E-state index contributed by atoms with van der Waals surface area (Å²) in [7, 11) is 0. The number of carbonyl (C=O) groups excluding carboxylic acids is 2. The van der Waals surface area contributed by atoms with Crippen LogP contribution in [0.3, 0.4) is 0 Å². The zero-order chi connectivity index (χ0) is 20.7. The second kappa shape index (κ2) is 10.5. The molecule has 0 saturated carbocycles. The highest BCUT2D eigenvalue weighted by Crippen LogP contribution is 2.28. The minimum Gasteiger partial charge on any atom is -0.483 e. The van der Waals surface area contributed by atoms with Crippen molar-refractivity contribution in [3.05, 3.63) is 63.1 Å². The molecular weight excluding hydrogens is 444 g/mol. The average molecular weight is 468 g/mol. The normalized spacial score (nSPS) is 11.6. The van der Waals surface area contributed by atoms with Crippen molar-refractivity contribution < 1.29 is 14.3 Å². The third-order valence-corrected chi connectivity index (χ3v) is 5.22. The van der Waals surface area contributed by atoms with Gasteiger partial charge in [-0.3, -0.25) is 9.59 Å². The van der Waals surface area contributed by atoms with Gasteiger partial charge in [-0.2, -0.15) is 0 Å². The first-order valence-electron chi connectivity index (χ1n) is 9.03. The second-order valence-corrected chi connectivity index (χ2v) is 7.67. The van der Waals surface area contributed by atoms with E-state index in [-0.39, 0.29) is 18.4 Å². The first-order valence-corrected chi connectivity index (χ1v) is 10.2. The van der Waals surface area contributed by atoms with Gasteiger partial charge in [0, 0.05) is 18.1 Å². The number of ether oxygens (including phenoxy) is 1. The molecule has 2 aromatic rings. The number of nitrogens with zero attached hydrogens (tertiary/aromatic N) is 1. The first kappa shape index (κ1) is 22.2. The Morgan fingerprint density at radius 3 is 2.61 bits per heavy atom. The van der Waals surface area contributed by atoms with E-state index in [1.165, 1.54) is 4.90 Å². The highest BCUT2D eigenvalue weighted by Gasteiger charge is 2.26. The van der Waals surface area contributed by atoms with Gasteiger partial charge in [-0.15, -0.1) is 0 Å². The Labute approximate surface area is 179 Å². The fourth-order valence-corrected chi connectivity index (χ4v) is 3.49. The van der Waals surface area contributed by atoms with Crippen LogP contribution in [0.15, 0.2) is 46.9 Å².